The molecule has 0 saturated carbocycles. The number of likely N-dealkylation sites (N-methyl/N-ethyl adjacent to an activating group) is 1. The van der Waals surface area contributed by atoms with Gasteiger partial charge in [-0.1, -0.05) is 32.4 Å². The molecule has 9 heteroatoms. The number of aromatic nitrogens is 4. The summed E-state index contributed by atoms with van der Waals surface area (Å²) in [5.41, 5.74) is 3.32. The number of benzene rings is 1. The minimum atomic E-state index is 0.0614. The molecule has 0 spiro atoms. The van der Waals surface area contributed by atoms with E-state index in [1.165, 1.54) is 0 Å². The fourth-order valence-corrected chi connectivity index (χ4v) is 3.92. The van der Waals surface area contributed by atoms with Crippen molar-refractivity contribution in [3.05, 3.63) is 58.6 Å². The highest BCUT2D eigenvalue weighted by Crippen LogP contribution is 2.31. The molecule has 0 amide bonds. The highest BCUT2D eigenvalue weighted by molar-refractivity contribution is 6.33. The van der Waals surface area contributed by atoms with Crippen LogP contribution in [0.3, 0.4) is 0 Å². The summed E-state index contributed by atoms with van der Waals surface area (Å²) in [6, 6.07) is 3.55. The van der Waals surface area contributed by atoms with Gasteiger partial charge in [-0.05, 0) is 49.2 Å². The standard InChI is InChI=1S/C25H33ClN6O2/c1-5-22(33)20-12-19(24(26)23(13-20)34-4)9-8-18-14-27-25(28-15-18)30-21-16-29-32(17-21)11-10-31(6-2)7-3/h12-17H,5-11H2,1-4H3,(H,27,28,30). The number of anilines is 2. The maximum Gasteiger partial charge on any atom is 0.227 e. The first-order chi connectivity index (χ1) is 16.5. The summed E-state index contributed by atoms with van der Waals surface area (Å²) in [5.74, 6) is 1.10. The molecule has 0 unspecified atom stereocenters. The van der Waals surface area contributed by atoms with Gasteiger partial charge in [-0.25, -0.2) is 9.97 Å². The number of rotatable bonds is 13. The molecule has 34 heavy (non-hydrogen) atoms. The van der Waals surface area contributed by atoms with Crippen LogP contribution in [0.5, 0.6) is 5.75 Å². The predicted molar refractivity (Wildman–Crippen MR) is 135 cm³/mol. The molecule has 0 aliphatic carbocycles. The van der Waals surface area contributed by atoms with Gasteiger partial charge in [-0.3, -0.25) is 9.48 Å². The van der Waals surface area contributed by atoms with E-state index in [4.69, 9.17) is 16.3 Å². The highest BCUT2D eigenvalue weighted by atomic mass is 35.5. The van der Waals surface area contributed by atoms with Crippen LogP contribution < -0.4 is 10.1 Å². The first-order valence-electron chi connectivity index (χ1n) is 11.7. The molecule has 0 bridgehead atoms. The van der Waals surface area contributed by atoms with Crippen molar-refractivity contribution in [2.45, 2.75) is 46.6 Å². The monoisotopic (exact) mass is 484 g/mol. The molecular formula is C25H33ClN6O2. The fraction of sp³-hybridized carbons (Fsp3) is 0.440. The van der Waals surface area contributed by atoms with E-state index in [9.17, 15) is 4.79 Å². The van der Waals surface area contributed by atoms with Crippen LogP contribution in [-0.4, -0.2) is 57.2 Å². The Labute approximate surface area is 206 Å². The fourth-order valence-electron chi connectivity index (χ4n) is 3.64. The van der Waals surface area contributed by atoms with Gasteiger partial charge >= 0.3 is 0 Å². The van der Waals surface area contributed by atoms with E-state index in [-0.39, 0.29) is 5.78 Å². The largest absolute Gasteiger partial charge is 0.495 e. The van der Waals surface area contributed by atoms with Crippen LogP contribution in [0.4, 0.5) is 11.6 Å². The van der Waals surface area contributed by atoms with Crippen LogP contribution in [0.25, 0.3) is 0 Å². The molecule has 1 N–H and O–H groups in total. The number of hydrogen-bond acceptors (Lipinski definition) is 7. The zero-order chi connectivity index (χ0) is 24.5. The predicted octanol–water partition coefficient (Wildman–Crippen LogP) is 4.80. The van der Waals surface area contributed by atoms with Crippen LogP contribution in [0.15, 0.2) is 36.9 Å². The average Bonchev–Trinajstić information content (AvgIpc) is 3.31. The number of ether oxygens (including phenoxy) is 1. The number of methoxy groups -OCH3 is 1. The van der Waals surface area contributed by atoms with Crippen molar-refractivity contribution in [2.75, 3.05) is 32.1 Å². The van der Waals surface area contributed by atoms with Crippen LogP contribution in [0, 0.1) is 0 Å². The number of nitrogens with one attached hydrogen (secondary N) is 1. The lowest BCUT2D eigenvalue weighted by Gasteiger charge is -2.17. The van der Waals surface area contributed by atoms with Crippen LogP contribution in [-0.2, 0) is 19.4 Å². The van der Waals surface area contributed by atoms with E-state index in [2.05, 4.69) is 39.1 Å². The van der Waals surface area contributed by atoms with Gasteiger partial charge in [0.05, 0.1) is 30.6 Å². The Morgan fingerprint density at radius 3 is 2.50 bits per heavy atom. The summed E-state index contributed by atoms with van der Waals surface area (Å²) in [6.45, 7) is 10.0. The molecule has 0 fully saturated rings. The molecule has 0 saturated heterocycles. The van der Waals surface area contributed by atoms with Gasteiger partial charge in [0.1, 0.15) is 5.75 Å². The Kier molecular flexibility index (Phi) is 9.42. The Hall–Kier alpha value is -2.97. The molecule has 2 aromatic heterocycles. The van der Waals surface area contributed by atoms with Crippen molar-refractivity contribution in [3.8, 4) is 5.75 Å². The van der Waals surface area contributed by atoms with E-state index < -0.39 is 0 Å². The molecule has 2 heterocycles. The van der Waals surface area contributed by atoms with E-state index in [1.54, 1.807) is 31.8 Å². The zero-order valence-electron chi connectivity index (χ0n) is 20.3. The topological polar surface area (TPSA) is 85.2 Å². The number of ketones is 1. The minimum absolute atomic E-state index is 0.0614. The van der Waals surface area contributed by atoms with E-state index in [0.717, 1.165) is 43.0 Å². The van der Waals surface area contributed by atoms with Gasteiger partial charge in [0.2, 0.25) is 5.95 Å². The second-order valence-electron chi connectivity index (χ2n) is 7.99. The molecule has 8 nitrogen and oxygen atoms in total. The average molecular weight is 485 g/mol. The lowest BCUT2D eigenvalue weighted by molar-refractivity contribution is 0.0987. The third-order valence-corrected chi connectivity index (χ3v) is 6.22. The van der Waals surface area contributed by atoms with Crippen molar-refractivity contribution in [2.24, 2.45) is 0 Å². The molecule has 0 aliphatic rings. The van der Waals surface area contributed by atoms with Crippen LogP contribution in [0.1, 0.15) is 48.7 Å². The first kappa shape index (κ1) is 25.6. The highest BCUT2D eigenvalue weighted by Gasteiger charge is 2.14. The Bertz CT molecular complexity index is 1080. The summed E-state index contributed by atoms with van der Waals surface area (Å²) < 4.78 is 7.28. The number of aryl methyl sites for hydroxylation is 2. The first-order valence-corrected chi connectivity index (χ1v) is 12.1. The van der Waals surface area contributed by atoms with Gasteiger partial charge in [-0.2, -0.15) is 5.10 Å². The number of halogens is 1. The Balaban J connectivity index is 1.59. The second-order valence-corrected chi connectivity index (χ2v) is 8.37. The van der Waals surface area contributed by atoms with Crippen molar-refractivity contribution < 1.29 is 9.53 Å². The number of hydrogen-bond donors (Lipinski definition) is 1. The summed E-state index contributed by atoms with van der Waals surface area (Å²) in [4.78, 5) is 23.4. The van der Waals surface area contributed by atoms with E-state index in [0.29, 0.717) is 41.5 Å². The van der Waals surface area contributed by atoms with Crippen LogP contribution >= 0.6 is 11.6 Å². The normalized spacial score (nSPS) is 11.1. The van der Waals surface area contributed by atoms with Crippen molar-refractivity contribution in [3.63, 3.8) is 0 Å². The molecule has 182 valence electrons. The number of carbonyl (C=O) groups excluding carboxylic acids is 1. The number of Topliss-reactive ketones (excluding diaryl/α,β-unsaturated/α-hetero) is 1. The smallest absolute Gasteiger partial charge is 0.227 e. The molecule has 0 radical (unpaired) electrons. The quantitative estimate of drug-likeness (QED) is 0.349. The summed E-state index contributed by atoms with van der Waals surface area (Å²) in [6.07, 6.45) is 9.10. The molecule has 0 aliphatic heterocycles. The van der Waals surface area contributed by atoms with Gasteiger partial charge < -0.3 is 15.0 Å². The summed E-state index contributed by atoms with van der Waals surface area (Å²) in [5, 5.41) is 8.14. The van der Waals surface area contributed by atoms with Crippen molar-refractivity contribution in [1.82, 2.24) is 24.6 Å². The van der Waals surface area contributed by atoms with Gasteiger partial charge in [0, 0.05) is 37.1 Å². The molecule has 1 aromatic carbocycles. The van der Waals surface area contributed by atoms with E-state index >= 15 is 0 Å². The van der Waals surface area contributed by atoms with Gasteiger partial charge in [0.15, 0.2) is 5.78 Å². The summed E-state index contributed by atoms with van der Waals surface area (Å²) in [7, 11) is 1.56. The maximum absolute atomic E-state index is 12.2. The zero-order valence-corrected chi connectivity index (χ0v) is 21.1. The third kappa shape index (κ3) is 6.77. The Morgan fingerprint density at radius 1 is 1.12 bits per heavy atom. The van der Waals surface area contributed by atoms with Crippen LogP contribution in [0.2, 0.25) is 5.02 Å². The lowest BCUT2D eigenvalue weighted by atomic mass is 10.0. The molecule has 3 rings (SSSR count). The lowest BCUT2D eigenvalue weighted by Crippen LogP contribution is -2.27. The SMILES string of the molecule is CCC(=O)c1cc(CCc2cnc(Nc3cnn(CCN(CC)CC)c3)nc2)c(Cl)c(OC)c1. The van der Waals surface area contributed by atoms with Crippen molar-refractivity contribution in [1.29, 1.82) is 0 Å². The van der Waals surface area contributed by atoms with Gasteiger partial charge in [-0.15, -0.1) is 0 Å². The third-order valence-electron chi connectivity index (χ3n) is 5.80. The molecule has 0 atom stereocenters. The van der Waals surface area contributed by atoms with Gasteiger partial charge in [0.25, 0.3) is 0 Å². The number of nitrogens with zero attached hydrogens (tertiary/aromatic N) is 5. The minimum Gasteiger partial charge on any atom is -0.495 e. The maximum atomic E-state index is 12.2. The molecule has 3 aromatic rings. The second kappa shape index (κ2) is 12.5. The van der Waals surface area contributed by atoms with Crippen molar-refractivity contribution >= 4 is 29.0 Å². The molecular weight excluding hydrogens is 452 g/mol. The summed E-state index contributed by atoms with van der Waals surface area (Å²) >= 11 is 6.48. The number of carbonyl (C=O) groups is 1. The Morgan fingerprint density at radius 2 is 1.85 bits per heavy atom. The van der Waals surface area contributed by atoms with E-state index in [1.807, 2.05) is 23.9 Å².